The van der Waals surface area contributed by atoms with Crippen LogP contribution < -0.4 is 14.8 Å². The molecule has 2 atom stereocenters. The quantitative estimate of drug-likeness (QED) is 0.796. The maximum Gasteiger partial charge on any atom is 0.326 e. The second-order valence-electron chi connectivity index (χ2n) is 4.31. The number of carboxylic acids is 1. The van der Waals surface area contributed by atoms with Crippen LogP contribution in [0.5, 0.6) is 11.5 Å². The first-order chi connectivity index (χ1) is 8.65. The minimum Gasteiger partial charge on any atom is -0.480 e. The van der Waals surface area contributed by atoms with Gasteiger partial charge in [-0.25, -0.2) is 4.79 Å². The van der Waals surface area contributed by atoms with Gasteiger partial charge in [-0.1, -0.05) is 6.07 Å². The number of amides is 1. The molecule has 0 radical (unpaired) electrons. The number of benzene rings is 1. The van der Waals surface area contributed by atoms with Crippen LogP contribution in [0.25, 0.3) is 0 Å². The van der Waals surface area contributed by atoms with Crippen molar-refractivity contribution in [3.8, 4) is 11.5 Å². The molecule has 1 aromatic carbocycles. The average molecular weight is 249 g/mol. The third kappa shape index (κ3) is 1.66. The summed E-state index contributed by atoms with van der Waals surface area (Å²) in [5.74, 6) is -0.406. The number of aliphatic carboxylic acids is 1. The largest absolute Gasteiger partial charge is 0.480 e. The molecule has 2 N–H and O–H groups in total. The van der Waals surface area contributed by atoms with Crippen LogP contribution in [0, 0.1) is 0 Å². The van der Waals surface area contributed by atoms with E-state index in [9.17, 15) is 9.59 Å². The van der Waals surface area contributed by atoms with Gasteiger partial charge in [0.15, 0.2) is 11.5 Å². The number of hydrogen-bond donors (Lipinski definition) is 2. The Kier molecular flexibility index (Phi) is 2.36. The van der Waals surface area contributed by atoms with Gasteiger partial charge in [0.1, 0.15) is 6.04 Å². The topological polar surface area (TPSA) is 84.9 Å². The minimum absolute atomic E-state index is 0.170. The predicted octanol–water partition coefficient (Wildman–Crippen LogP) is 0.472. The van der Waals surface area contributed by atoms with Gasteiger partial charge in [0.2, 0.25) is 12.7 Å². The fraction of sp³-hybridized carbons (Fsp3) is 0.333. The Labute approximate surface area is 103 Å². The van der Waals surface area contributed by atoms with Crippen LogP contribution in [0.4, 0.5) is 0 Å². The van der Waals surface area contributed by atoms with E-state index in [0.29, 0.717) is 11.5 Å². The summed E-state index contributed by atoms with van der Waals surface area (Å²) in [5.41, 5.74) is 0.769. The second kappa shape index (κ2) is 3.90. The van der Waals surface area contributed by atoms with E-state index in [1.54, 1.807) is 18.2 Å². The van der Waals surface area contributed by atoms with Crippen LogP contribution in [0.3, 0.4) is 0 Å². The van der Waals surface area contributed by atoms with Gasteiger partial charge in [-0.05, 0) is 17.7 Å². The first-order valence-corrected chi connectivity index (χ1v) is 5.57. The van der Waals surface area contributed by atoms with Crippen molar-refractivity contribution in [2.24, 2.45) is 0 Å². The molecule has 94 valence electrons. The molecule has 2 aliphatic rings. The zero-order valence-corrected chi connectivity index (χ0v) is 9.38. The lowest BCUT2D eigenvalue weighted by atomic mass is 9.91. The average Bonchev–Trinajstić information content (AvgIpc) is 2.93. The molecule has 0 saturated carbocycles. The number of fused-ring (bicyclic) bond motifs is 1. The lowest BCUT2D eigenvalue weighted by molar-refractivity contribution is -0.140. The van der Waals surface area contributed by atoms with Crippen molar-refractivity contribution in [3.05, 3.63) is 23.8 Å². The number of carbonyl (C=O) groups is 2. The molecule has 1 amide bonds. The van der Waals surface area contributed by atoms with Gasteiger partial charge in [0.25, 0.3) is 0 Å². The van der Waals surface area contributed by atoms with Crippen molar-refractivity contribution in [2.45, 2.75) is 18.4 Å². The summed E-state index contributed by atoms with van der Waals surface area (Å²) < 4.78 is 10.4. The van der Waals surface area contributed by atoms with E-state index in [0.717, 1.165) is 5.56 Å². The van der Waals surface area contributed by atoms with Crippen molar-refractivity contribution in [1.82, 2.24) is 5.32 Å². The molecular weight excluding hydrogens is 238 g/mol. The summed E-state index contributed by atoms with van der Waals surface area (Å²) in [5, 5.41) is 11.5. The molecule has 2 heterocycles. The van der Waals surface area contributed by atoms with E-state index in [1.807, 2.05) is 0 Å². The number of rotatable bonds is 2. The molecule has 1 saturated heterocycles. The highest BCUT2D eigenvalue weighted by Gasteiger charge is 2.38. The van der Waals surface area contributed by atoms with Crippen LogP contribution in [-0.2, 0) is 9.59 Å². The van der Waals surface area contributed by atoms with E-state index in [4.69, 9.17) is 14.6 Å². The van der Waals surface area contributed by atoms with Gasteiger partial charge in [-0.2, -0.15) is 0 Å². The zero-order chi connectivity index (χ0) is 12.7. The number of ether oxygens (including phenoxy) is 2. The second-order valence-corrected chi connectivity index (χ2v) is 4.31. The van der Waals surface area contributed by atoms with Crippen molar-refractivity contribution < 1.29 is 24.2 Å². The van der Waals surface area contributed by atoms with Gasteiger partial charge in [-0.15, -0.1) is 0 Å². The summed E-state index contributed by atoms with van der Waals surface area (Å²) in [4.78, 5) is 22.4. The fourth-order valence-electron chi connectivity index (χ4n) is 2.34. The molecule has 0 bridgehead atoms. The Balaban J connectivity index is 1.94. The zero-order valence-electron chi connectivity index (χ0n) is 9.38. The molecule has 6 heteroatoms. The smallest absolute Gasteiger partial charge is 0.326 e. The molecule has 0 aromatic heterocycles. The first kappa shape index (κ1) is 10.9. The monoisotopic (exact) mass is 249 g/mol. The number of hydrogen-bond acceptors (Lipinski definition) is 4. The minimum atomic E-state index is -1.02. The highest BCUT2D eigenvalue weighted by atomic mass is 16.7. The van der Waals surface area contributed by atoms with Crippen LogP contribution in [-0.4, -0.2) is 29.8 Å². The van der Waals surface area contributed by atoms with Crippen LogP contribution >= 0.6 is 0 Å². The highest BCUT2D eigenvalue weighted by Crippen LogP contribution is 2.37. The summed E-state index contributed by atoms with van der Waals surface area (Å²) >= 11 is 0. The Bertz CT molecular complexity index is 527. The first-order valence-electron chi connectivity index (χ1n) is 5.57. The Morgan fingerprint density at radius 3 is 2.89 bits per heavy atom. The van der Waals surface area contributed by atoms with E-state index >= 15 is 0 Å². The van der Waals surface area contributed by atoms with E-state index in [1.165, 1.54) is 0 Å². The normalized spacial score (nSPS) is 25.0. The molecule has 6 nitrogen and oxygen atoms in total. The third-order valence-electron chi connectivity index (χ3n) is 3.21. The van der Waals surface area contributed by atoms with Gasteiger partial charge in [0, 0.05) is 12.3 Å². The number of nitrogens with one attached hydrogen (secondary N) is 1. The molecule has 3 rings (SSSR count). The van der Waals surface area contributed by atoms with Gasteiger partial charge < -0.3 is 19.9 Å². The van der Waals surface area contributed by atoms with Crippen molar-refractivity contribution >= 4 is 11.9 Å². The molecule has 0 aliphatic carbocycles. The van der Waals surface area contributed by atoms with Gasteiger partial charge >= 0.3 is 5.97 Å². The van der Waals surface area contributed by atoms with Crippen molar-refractivity contribution in [2.75, 3.05) is 6.79 Å². The maximum atomic E-state index is 11.3. The summed E-state index contributed by atoms with van der Waals surface area (Å²) in [6.45, 7) is 0.170. The van der Waals surface area contributed by atoms with Crippen LogP contribution in [0.1, 0.15) is 17.9 Å². The van der Waals surface area contributed by atoms with E-state index in [2.05, 4.69) is 5.32 Å². The summed E-state index contributed by atoms with van der Waals surface area (Å²) in [6, 6.07) is 4.37. The Morgan fingerprint density at radius 2 is 2.11 bits per heavy atom. The van der Waals surface area contributed by atoms with Crippen LogP contribution in [0.15, 0.2) is 18.2 Å². The lowest BCUT2D eigenvalue weighted by Gasteiger charge is -2.15. The maximum absolute atomic E-state index is 11.3. The Hall–Kier alpha value is -2.24. The molecular formula is C12H11NO5. The van der Waals surface area contributed by atoms with Gasteiger partial charge in [-0.3, -0.25) is 4.79 Å². The standard InChI is InChI=1S/C12H11NO5/c14-10-4-7(11(13-10)12(15)16)6-1-2-8-9(3-6)18-5-17-8/h1-3,7,11H,4-5H2,(H,13,14)(H,15,16)/t7-,11+/m0/s1. The summed E-state index contributed by atoms with van der Waals surface area (Å²) in [7, 11) is 0. The van der Waals surface area contributed by atoms with Crippen molar-refractivity contribution in [1.29, 1.82) is 0 Å². The van der Waals surface area contributed by atoms with E-state index < -0.39 is 12.0 Å². The Morgan fingerprint density at radius 1 is 1.33 bits per heavy atom. The van der Waals surface area contributed by atoms with Crippen LogP contribution in [0.2, 0.25) is 0 Å². The predicted molar refractivity (Wildman–Crippen MR) is 59.5 cm³/mol. The number of carbonyl (C=O) groups excluding carboxylic acids is 1. The highest BCUT2D eigenvalue weighted by molar-refractivity contribution is 5.89. The van der Waals surface area contributed by atoms with Crippen molar-refractivity contribution in [3.63, 3.8) is 0 Å². The fourth-order valence-corrected chi connectivity index (χ4v) is 2.34. The molecule has 0 spiro atoms. The van der Waals surface area contributed by atoms with E-state index in [-0.39, 0.29) is 25.0 Å². The lowest BCUT2D eigenvalue weighted by Crippen LogP contribution is -2.36. The van der Waals surface area contributed by atoms with Gasteiger partial charge in [0.05, 0.1) is 0 Å². The molecule has 18 heavy (non-hydrogen) atoms. The summed E-state index contributed by atoms with van der Waals surface area (Å²) in [6.07, 6.45) is 0.177. The SMILES string of the molecule is O=C1C[C@@H](c2ccc3c(c2)OCO3)[C@H](C(=O)O)N1. The third-order valence-corrected chi connectivity index (χ3v) is 3.21. The molecule has 0 unspecified atom stereocenters. The molecule has 1 fully saturated rings. The number of carboxylic acid groups (broad SMARTS) is 1. The molecule has 1 aromatic rings. The molecule has 2 aliphatic heterocycles.